The van der Waals surface area contributed by atoms with E-state index in [2.05, 4.69) is 5.32 Å². The summed E-state index contributed by atoms with van der Waals surface area (Å²) < 4.78 is 5.35. The van der Waals surface area contributed by atoms with Crippen LogP contribution in [0.25, 0.3) is 0 Å². The molecule has 0 spiro atoms. The van der Waals surface area contributed by atoms with Crippen molar-refractivity contribution in [1.82, 2.24) is 5.32 Å². The second kappa shape index (κ2) is 12.8. The number of hydrogen-bond donors (Lipinski definition) is 1. The van der Waals surface area contributed by atoms with Crippen molar-refractivity contribution in [2.45, 2.75) is 66.2 Å². The van der Waals surface area contributed by atoms with Crippen LogP contribution >= 0.6 is 0 Å². The summed E-state index contributed by atoms with van der Waals surface area (Å²) in [5.74, 6) is 0.468. The Balaban J connectivity index is 0. The molecule has 0 rings (SSSR count). The minimum Gasteiger partial charge on any atom is -0.374 e. The fraction of sp³-hybridized carbons (Fsp3) is 0.882. The molecule has 4 nitrogen and oxygen atoms in total. The summed E-state index contributed by atoms with van der Waals surface area (Å²) in [7, 11) is 0. The highest BCUT2D eigenvalue weighted by molar-refractivity contribution is 5.81. The SMILES string of the molecule is CC(C)C(=O)COCCCCCCCCNC(=O)C(C)C.[HH]. The van der Waals surface area contributed by atoms with Gasteiger partial charge in [0.15, 0.2) is 5.78 Å². The van der Waals surface area contributed by atoms with Crippen LogP contribution < -0.4 is 5.32 Å². The van der Waals surface area contributed by atoms with Crippen molar-refractivity contribution < 1.29 is 15.8 Å². The summed E-state index contributed by atoms with van der Waals surface area (Å²) in [4.78, 5) is 22.6. The number of Topliss-reactive ketones (excluding diaryl/α,β-unsaturated/α-hetero) is 1. The molecule has 0 aliphatic carbocycles. The van der Waals surface area contributed by atoms with Gasteiger partial charge in [0.25, 0.3) is 0 Å². The molecule has 0 radical (unpaired) electrons. The van der Waals surface area contributed by atoms with Crippen LogP contribution in [-0.4, -0.2) is 31.4 Å². The van der Waals surface area contributed by atoms with Gasteiger partial charge in [0.2, 0.25) is 5.91 Å². The van der Waals surface area contributed by atoms with E-state index in [-0.39, 0.29) is 31.6 Å². The van der Waals surface area contributed by atoms with E-state index >= 15 is 0 Å². The highest BCUT2D eigenvalue weighted by Gasteiger charge is 2.06. The van der Waals surface area contributed by atoms with Crippen LogP contribution in [0.2, 0.25) is 0 Å². The predicted molar refractivity (Wildman–Crippen MR) is 88.3 cm³/mol. The largest absolute Gasteiger partial charge is 0.374 e. The summed E-state index contributed by atoms with van der Waals surface area (Å²) in [5, 5.41) is 2.93. The predicted octanol–water partition coefficient (Wildman–Crippen LogP) is 3.59. The molecule has 21 heavy (non-hydrogen) atoms. The van der Waals surface area contributed by atoms with E-state index in [1.165, 1.54) is 12.8 Å². The zero-order chi connectivity index (χ0) is 16.1. The first-order valence-corrected chi connectivity index (χ1v) is 8.33. The molecule has 0 saturated heterocycles. The number of carbonyl (C=O) groups is 2. The van der Waals surface area contributed by atoms with E-state index in [0.29, 0.717) is 6.61 Å². The van der Waals surface area contributed by atoms with Gasteiger partial charge in [-0.1, -0.05) is 53.4 Å². The molecule has 0 aromatic heterocycles. The fourth-order valence-corrected chi connectivity index (χ4v) is 1.79. The van der Waals surface area contributed by atoms with Gasteiger partial charge in [-0.3, -0.25) is 9.59 Å². The van der Waals surface area contributed by atoms with E-state index in [1.807, 2.05) is 27.7 Å². The molecule has 0 fully saturated rings. The molecule has 0 saturated carbocycles. The van der Waals surface area contributed by atoms with Gasteiger partial charge in [0.1, 0.15) is 6.61 Å². The van der Waals surface area contributed by atoms with Gasteiger partial charge >= 0.3 is 0 Å². The average Bonchev–Trinajstić information content (AvgIpc) is 2.43. The Kier molecular flexibility index (Phi) is 12.3. The van der Waals surface area contributed by atoms with Crippen molar-refractivity contribution in [3.05, 3.63) is 0 Å². The van der Waals surface area contributed by atoms with Crippen LogP contribution in [0.4, 0.5) is 0 Å². The van der Waals surface area contributed by atoms with Crippen LogP contribution in [0.3, 0.4) is 0 Å². The van der Waals surface area contributed by atoms with Gasteiger partial charge in [-0.25, -0.2) is 0 Å². The Hall–Kier alpha value is -0.900. The lowest BCUT2D eigenvalue weighted by atomic mass is 10.1. The lowest BCUT2D eigenvalue weighted by molar-refractivity contribution is -0.126. The van der Waals surface area contributed by atoms with Crippen molar-refractivity contribution in [3.63, 3.8) is 0 Å². The highest BCUT2D eigenvalue weighted by atomic mass is 16.5. The number of amides is 1. The van der Waals surface area contributed by atoms with E-state index in [4.69, 9.17) is 4.74 Å². The molecule has 0 atom stereocenters. The molecular formula is C17H35NO3. The summed E-state index contributed by atoms with van der Waals surface area (Å²) in [6.07, 6.45) is 6.77. The Bertz CT molecular complexity index is 266. The number of carbonyl (C=O) groups excluding carboxylic acids is 2. The number of ether oxygens (including phenoxy) is 1. The molecule has 0 aromatic rings. The Morgan fingerprint density at radius 1 is 0.905 bits per heavy atom. The maximum Gasteiger partial charge on any atom is 0.222 e. The van der Waals surface area contributed by atoms with E-state index in [0.717, 1.165) is 32.2 Å². The molecule has 126 valence electrons. The molecule has 0 unspecified atom stereocenters. The molecule has 0 heterocycles. The Morgan fingerprint density at radius 2 is 1.48 bits per heavy atom. The molecule has 4 heteroatoms. The summed E-state index contributed by atoms with van der Waals surface area (Å²) in [6.45, 7) is 9.34. The molecule has 1 amide bonds. The smallest absolute Gasteiger partial charge is 0.222 e. The van der Waals surface area contributed by atoms with Crippen molar-refractivity contribution in [1.29, 1.82) is 0 Å². The van der Waals surface area contributed by atoms with Crippen molar-refractivity contribution in [2.75, 3.05) is 19.8 Å². The second-order valence-electron chi connectivity index (χ2n) is 6.24. The van der Waals surface area contributed by atoms with Gasteiger partial charge in [-0.15, -0.1) is 0 Å². The second-order valence-corrected chi connectivity index (χ2v) is 6.24. The number of ketones is 1. The first kappa shape index (κ1) is 20.1. The lowest BCUT2D eigenvalue weighted by Gasteiger charge is -2.07. The van der Waals surface area contributed by atoms with Crippen LogP contribution in [0, 0.1) is 11.8 Å². The topological polar surface area (TPSA) is 55.4 Å². The van der Waals surface area contributed by atoms with E-state index in [9.17, 15) is 9.59 Å². The monoisotopic (exact) mass is 301 g/mol. The molecule has 0 bridgehead atoms. The zero-order valence-corrected chi connectivity index (χ0v) is 14.2. The standard InChI is InChI=1S/C17H33NO3.H2/c1-14(2)16(19)13-21-12-10-8-6-5-7-9-11-18-17(20)15(3)4;/h14-15H,5-13H2,1-4H3,(H,18,20);1H. The van der Waals surface area contributed by atoms with Crippen LogP contribution in [0.5, 0.6) is 0 Å². The van der Waals surface area contributed by atoms with Gasteiger partial charge < -0.3 is 10.1 Å². The Morgan fingerprint density at radius 3 is 2.05 bits per heavy atom. The number of nitrogens with one attached hydrogen (secondary N) is 1. The van der Waals surface area contributed by atoms with Gasteiger partial charge in [-0.05, 0) is 12.8 Å². The normalized spacial score (nSPS) is 11.1. The van der Waals surface area contributed by atoms with Crippen LogP contribution in [0.15, 0.2) is 0 Å². The van der Waals surface area contributed by atoms with Gasteiger partial charge in [-0.2, -0.15) is 0 Å². The zero-order valence-electron chi connectivity index (χ0n) is 14.2. The molecule has 1 N–H and O–H groups in total. The molecule has 0 aliphatic rings. The van der Waals surface area contributed by atoms with Gasteiger partial charge in [0.05, 0.1) is 0 Å². The number of hydrogen-bond acceptors (Lipinski definition) is 3. The molecular weight excluding hydrogens is 266 g/mol. The highest BCUT2D eigenvalue weighted by Crippen LogP contribution is 2.05. The first-order valence-electron chi connectivity index (χ1n) is 8.33. The summed E-state index contributed by atoms with van der Waals surface area (Å²) in [5.41, 5.74) is 0. The van der Waals surface area contributed by atoms with Crippen LogP contribution in [-0.2, 0) is 14.3 Å². The lowest BCUT2D eigenvalue weighted by Crippen LogP contribution is -2.28. The van der Waals surface area contributed by atoms with Crippen molar-refractivity contribution in [2.24, 2.45) is 11.8 Å². The van der Waals surface area contributed by atoms with Crippen molar-refractivity contribution in [3.8, 4) is 0 Å². The molecule has 0 aromatic carbocycles. The summed E-state index contributed by atoms with van der Waals surface area (Å²) in [6, 6.07) is 0. The van der Waals surface area contributed by atoms with E-state index < -0.39 is 0 Å². The third kappa shape index (κ3) is 12.5. The number of unbranched alkanes of at least 4 members (excludes halogenated alkanes) is 5. The maximum atomic E-state index is 11.3. The number of rotatable bonds is 13. The third-order valence-electron chi connectivity index (χ3n) is 3.43. The quantitative estimate of drug-likeness (QED) is 0.529. The summed E-state index contributed by atoms with van der Waals surface area (Å²) >= 11 is 0. The van der Waals surface area contributed by atoms with Gasteiger partial charge in [0, 0.05) is 26.4 Å². The van der Waals surface area contributed by atoms with Crippen molar-refractivity contribution >= 4 is 11.7 Å². The third-order valence-corrected chi connectivity index (χ3v) is 3.43. The molecule has 0 aliphatic heterocycles. The minimum atomic E-state index is 0. The van der Waals surface area contributed by atoms with Crippen LogP contribution in [0.1, 0.15) is 67.6 Å². The Labute approximate surface area is 131 Å². The minimum absolute atomic E-state index is 0. The fourth-order valence-electron chi connectivity index (χ4n) is 1.79. The average molecular weight is 301 g/mol. The first-order chi connectivity index (χ1) is 9.95. The maximum absolute atomic E-state index is 11.3. The van der Waals surface area contributed by atoms with E-state index in [1.54, 1.807) is 0 Å².